The molecule has 0 spiro atoms. The number of carbonyl (C=O) groups excluding carboxylic acids is 2. The number of halogens is 3. The number of hydrogen-bond acceptors (Lipinski definition) is 3. The molecule has 1 atom stereocenters. The Morgan fingerprint density at radius 3 is 2.47 bits per heavy atom. The number of rotatable bonds is 12. The number of hydrogen-bond donors (Lipinski definition) is 1. The molecule has 0 aliphatic rings. The van der Waals surface area contributed by atoms with Gasteiger partial charge < -0.3 is 10.2 Å². The van der Waals surface area contributed by atoms with Crippen LogP contribution in [0.5, 0.6) is 0 Å². The summed E-state index contributed by atoms with van der Waals surface area (Å²) in [6.07, 6.45) is 2.24. The van der Waals surface area contributed by atoms with Crippen LogP contribution >= 0.6 is 23.4 Å². The van der Waals surface area contributed by atoms with E-state index in [-0.39, 0.29) is 35.7 Å². The van der Waals surface area contributed by atoms with Crippen LogP contribution in [0.25, 0.3) is 0 Å². The molecular weight excluding hydrogens is 454 g/mol. The molecule has 8 heteroatoms. The van der Waals surface area contributed by atoms with Crippen LogP contribution in [0.3, 0.4) is 0 Å². The highest BCUT2D eigenvalue weighted by Crippen LogP contribution is 2.24. The van der Waals surface area contributed by atoms with Gasteiger partial charge in [0, 0.05) is 29.4 Å². The van der Waals surface area contributed by atoms with E-state index >= 15 is 0 Å². The maximum absolute atomic E-state index is 14.0. The second kappa shape index (κ2) is 13.4. The van der Waals surface area contributed by atoms with Crippen molar-refractivity contribution < 1.29 is 18.4 Å². The minimum atomic E-state index is -0.651. The molecule has 0 heterocycles. The lowest BCUT2D eigenvalue weighted by Crippen LogP contribution is -2.49. The predicted octanol–water partition coefficient (Wildman–Crippen LogP) is 5.58. The molecule has 174 valence electrons. The summed E-state index contributed by atoms with van der Waals surface area (Å²) >= 11 is 7.31. The van der Waals surface area contributed by atoms with Gasteiger partial charge >= 0.3 is 0 Å². The first-order chi connectivity index (χ1) is 15.4. The lowest BCUT2D eigenvalue weighted by atomic mass is 10.1. The first-order valence-electron chi connectivity index (χ1n) is 10.7. The van der Waals surface area contributed by atoms with E-state index in [2.05, 4.69) is 5.32 Å². The summed E-state index contributed by atoms with van der Waals surface area (Å²) in [5.74, 6) is -0.940. The molecule has 32 heavy (non-hydrogen) atoms. The summed E-state index contributed by atoms with van der Waals surface area (Å²) in [5, 5.41) is 3.21. The smallest absolute Gasteiger partial charge is 0.242 e. The predicted molar refractivity (Wildman–Crippen MR) is 127 cm³/mol. The van der Waals surface area contributed by atoms with Crippen molar-refractivity contribution in [1.82, 2.24) is 10.2 Å². The molecule has 0 saturated heterocycles. The zero-order valence-corrected chi connectivity index (χ0v) is 19.9. The third-order valence-electron chi connectivity index (χ3n) is 5.02. The topological polar surface area (TPSA) is 49.4 Å². The van der Waals surface area contributed by atoms with Gasteiger partial charge in [-0.25, -0.2) is 8.78 Å². The Hall–Kier alpha value is -2.12. The summed E-state index contributed by atoms with van der Waals surface area (Å²) in [5.41, 5.74) is 1.07. The van der Waals surface area contributed by atoms with Crippen LogP contribution in [0, 0.1) is 11.6 Å². The third-order valence-corrected chi connectivity index (χ3v) is 6.31. The molecule has 0 fully saturated rings. The van der Waals surface area contributed by atoms with E-state index in [1.54, 1.807) is 18.2 Å². The van der Waals surface area contributed by atoms with E-state index in [0.29, 0.717) is 23.6 Å². The molecule has 0 aromatic heterocycles. The zero-order chi connectivity index (χ0) is 23.5. The van der Waals surface area contributed by atoms with Crippen LogP contribution in [0.15, 0.2) is 42.5 Å². The standard InChI is InChI=1S/C24H29ClF2N2O2S/c1-3-5-13-28-24(31)22(4-2)29(14-17-9-11-18(26)12-10-17)23(30)16-32-15-19-20(25)7-6-8-21(19)27/h6-12,22H,3-5,13-16H2,1-2H3,(H,28,31)/t22-/m1/s1. The SMILES string of the molecule is CCCCNC(=O)[C@@H](CC)N(Cc1ccc(F)cc1)C(=O)CSCc1c(F)cccc1Cl. The number of nitrogens with one attached hydrogen (secondary N) is 1. The molecule has 2 aromatic carbocycles. The summed E-state index contributed by atoms with van der Waals surface area (Å²) < 4.78 is 27.3. The van der Waals surface area contributed by atoms with Crippen molar-refractivity contribution in [2.75, 3.05) is 12.3 Å². The average molecular weight is 483 g/mol. The summed E-state index contributed by atoms with van der Waals surface area (Å²) in [6.45, 7) is 4.61. The Kier molecular flexibility index (Phi) is 11.0. The van der Waals surface area contributed by atoms with Gasteiger partial charge in [-0.05, 0) is 42.7 Å². The fraction of sp³-hybridized carbons (Fsp3) is 0.417. The van der Waals surface area contributed by atoms with Crippen molar-refractivity contribution in [3.63, 3.8) is 0 Å². The Bertz CT molecular complexity index is 876. The fourth-order valence-corrected chi connectivity index (χ4v) is 4.45. The number of unbranched alkanes of at least 4 members (excludes halogenated alkanes) is 1. The van der Waals surface area contributed by atoms with Crippen molar-refractivity contribution in [3.05, 3.63) is 70.2 Å². The molecular formula is C24H29ClF2N2O2S. The number of carbonyl (C=O) groups is 2. The van der Waals surface area contributed by atoms with Crippen molar-refractivity contribution in [2.24, 2.45) is 0 Å². The lowest BCUT2D eigenvalue weighted by molar-refractivity contribution is -0.139. The molecule has 0 aliphatic heterocycles. The average Bonchev–Trinajstić information content (AvgIpc) is 2.77. The molecule has 0 bridgehead atoms. The van der Waals surface area contributed by atoms with E-state index in [1.807, 2.05) is 13.8 Å². The van der Waals surface area contributed by atoms with Gasteiger partial charge in [0.15, 0.2) is 0 Å². The molecule has 2 amide bonds. The minimum absolute atomic E-state index is 0.0601. The number of amides is 2. The fourth-order valence-electron chi connectivity index (χ4n) is 3.21. The van der Waals surface area contributed by atoms with Crippen LogP contribution in [-0.2, 0) is 21.9 Å². The maximum atomic E-state index is 14.0. The highest BCUT2D eigenvalue weighted by molar-refractivity contribution is 7.99. The van der Waals surface area contributed by atoms with Gasteiger partial charge in [-0.3, -0.25) is 9.59 Å². The lowest BCUT2D eigenvalue weighted by Gasteiger charge is -2.30. The van der Waals surface area contributed by atoms with E-state index < -0.39 is 11.9 Å². The van der Waals surface area contributed by atoms with E-state index in [1.165, 1.54) is 40.9 Å². The molecule has 2 aromatic rings. The highest BCUT2D eigenvalue weighted by Gasteiger charge is 2.28. The zero-order valence-electron chi connectivity index (χ0n) is 18.4. The quantitative estimate of drug-likeness (QED) is 0.402. The van der Waals surface area contributed by atoms with Crippen LogP contribution in [0.2, 0.25) is 5.02 Å². The monoisotopic (exact) mass is 482 g/mol. The van der Waals surface area contributed by atoms with Crippen LogP contribution in [0.4, 0.5) is 8.78 Å². The Morgan fingerprint density at radius 1 is 1.12 bits per heavy atom. The van der Waals surface area contributed by atoms with Gasteiger partial charge in [-0.1, -0.05) is 50.1 Å². The van der Waals surface area contributed by atoms with Gasteiger partial charge in [0.25, 0.3) is 0 Å². The maximum Gasteiger partial charge on any atom is 0.242 e. The summed E-state index contributed by atoms with van der Waals surface area (Å²) in [6, 6.07) is 9.68. The Morgan fingerprint density at radius 2 is 1.84 bits per heavy atom. The van der Waals surface area contributed by atoms with E-state index in [4.69, 9.17) is 11.6 Å². The molecule has 4 nitrogen and oxygen atoms in total. The van der Waals surface area contributed by atoms with E-state index in [0.717, 1.165) is 18.4 Å². The van der Waals surface area contributed by atoms with Crippen molar-refractivity contribution in [2.45, 2.75) is 51.4 Å². The molecule has 0 aliphatic carbocycles. The van der Waals surface area contributed by atoms with E-state index in [9.17, 15) is 18.4 Å². The second-order valence-electron chi connectivity index (χ2n) is 7.41. The number of benzene rings is 2. The molecule has 0 radical (unpaired) electrons. The molecule has 2 rings (SSSR count). The first-order valence-corrected chi connectivity index (χ1v) is 12.2. The number of nitrogens with zero attached hydrogens (tertiary/aromatic N) is 1. The summed E-state index contributed by atoms with van der Waals surface area (Å²) in [4.78, 5) is 27.4. The Labute approximate surface area is 197 Å². The molecule has 0 unspecified atom stereocenters. The van der Waals surface area contributed by atoms with Gasteiger partial charge in [0.05, 0.1) is 5.75 Å². The van der Waals surface area contributed by atoms with Crippen molar-refractivity contribution in [1.29, 1.82) is 0 Å². The van der Waals surface area contributed by atoms with Gasteiger partial charge in [-0.2, -0.15) is 0 Å². The second-order valence-corrected chi connectivity index (χ2v) is 8.80. The number of thioether (sulfide) groups is 1. The van der Waals surface area contributed by atoms with Crippen molar-refractivity contribution >= 4 is 35.2 Å². The van der Waals surface area contributed by atoms with Crippen LogP contribution < -0.4 is 5.32 Å². The molecule has 0 saturated carbocycles. The Balaban J connectivity index is 2.13. The third kappa shape index (κ3) is 7.78. The van der Waals surface area contributed by atoms with Crippen LogP contribution in [-0.4, -0.2) is 35.1 Å². The van der Waals surface area contributed by atoms with Gasteiger partial charge in [-0.15, -0.1) is 11.8 Å². The highest BCUT2D eigenvalue weighted by atomic mass is 35.5. The van der Waals surface area contributed by atoms with Gasteiger partial charge in [0.2, 0.25) is 11.8 Å². The molecule has 1 N–H and O–H groups in total. The largest absolute Gasteiger partial charge is 0.354 e. The van der Waals surface area contributed by atoms with Crippen molar-refractivity contribution in [3.8, 4) is 0 Å². The normalized spacial score (nSPS) is 11.8. The van der Waals surface area contributed by atoms with Gasteiger partial charge in [0.1, 0.15) is 17.7 Å². The minimum Gasteiger partial charge on any atom is -0.354 e. The first kappa shape index (κ1) is 26.1. The summed E-state index contributed by atoms with van der Waals surface area (Å²) in [7, 11) is 0. The van der Waals surface area contributed by atoms with Crippen LogP contribution in [0.1, 0.15) is 44.2 Å².